The molecule has 2 fully saturated rings. The minimum absolute atomic E-state index is 0.467. The second-order valence-electron chi connectivity index (χ2n) is 5.30. The van der Waals surface area contributed by atoms with Gasteiger partial charge in [-0.15, -0.1) is 0 Å². The molecule has 3 heteroatoms. The highest BCUT2D eigenvalue weighted by atomic mass is 16.5. The summed E-state index contributed by atoms with van der Waals surface area (Å²) in [5.74, 6) is 0.815. The standard InChI is InChI=1S/C15H18N2O/c16-10-11-1-5-13(6-2-11)17-14-7-8-18-15(9-14)12-3-4-12/h1-2,5-6,12,14-15,17H,3-4,7-9H2. The second kappa shape index (κ2) is 4.99. The van der Waals surface area contributed by atoms with Crippen molar-refractivity contribution in [3.05, 3.63) is 29.8 Å². The molecule has 1 saturated carbocycles. The minimum atomic E-state index is 0.467. The first-order valence-corrected chi connectivity index (χ1v) is 6.73. The predicted molar refractivity (Wildman–Crippen MR) is 70.3 cm³/mol. The minimum Gasteiger partial charge on any atom is -0.382 e. The molecule has 0 radical (unpaired) electrons. The van der Waals surface area contributed by atoms with Crippen molar-refractivity contribution in [2.45, 2.75) is 37.8 Å². The van der Waals surface area contributed by atoms with Crippen molar-refractivity contribution in [3.63, 3.8) is 0 Å². The van der Waals surface area contributed by atoms with E-state index in [1.54, 1.807) is 0 Å². The van der Waals surface area contributed by atoms with Crippen LogP contribution in [-0.2, 0) is 4.74 Å². The van der Waals surface area contributed by atoms with Gasteiger partial charge in [-0.05, 0) is 55.9 Å². The summed E-state index contributed by atoms with van der Waals surface area (Å²) in [6.45, 7) is 0.870. The number of rotatable bonds is 3. The molecular weight excluding hydrogens is 224 g/mol. The summed E-state index contributed by atoms with van der Waals surface area (Å²) in [4.78, 5) is 0. The zero-order valence-electron chi connectivity index (χ0n) is 10.4. The van der Waals surface area contributed by atoms with Gasteiger partial charge in [0.1, 0.15) is 0 Å². The van der Waals surface area contributed by atoms with Gasteiger partial charge in [0.25, 0.3) is 0 Å². The van der Waals surface area contributed by atoms with E-state index in [1.165, 1.54) is 12.8 Å². The Labute approximate surface area is 108 Å². The average Bonchev–Trinajstić information content (AvgIpc) is 3.24. The molecule has 1 saturated heterocycles. The SMILES string of the molecule is N#Cc1ccc(NC2CCOC(C3CC3)C2)cc1. The Morgan fingerprint density at radius 3 is 2.61 bits per heavy atom. The molecule has 3 rings (SSSR count). The van der Waals surface area contributed by atoms with Gasteiger partial charge in [-0.2, -0.15) is 5.26 Å². The monoisotopic (exact) mass is 242 g/mol. The second-order valence-corrected chi connectivity index (χ2v) is 5.30. The number of anilines is 1. The summed E-state index contributed by atoms with van der Waals surface area (Å²) in [5, 5.41) is 12.3. The van der Waals surface area contributed by atoms with E-state index < -0.39 is 0 Å². The predicted octanol–water partition coefficient (Wildman–Crippen LogP) is 2.93. The maximum absolute atomic E-state index is 8.77. The summed E-state index contributed by atoms with van der Waals surface area (Å²) in [6.07, 6.45) is 5.34. The van der Waals surface area contributed by atoms with Gasteiger partial charge in [0.2, 0.25) is 0 Å². The Morgan fingerprint density at radius 2 is 1.94 bits per heavy atom. The fourth-order valence-corrected chi connectivity index (χ4v) is 2.63. The molecule has 1 heterocycles. The highest BCUT2D eigenvalue weighted by molar-refractivity contribution is 5.47. The number of nitriles is 1. The first kappa shape index (κ1) is 11.6. The van der Waals surface area contributed by atoms with Crippen LogP contribution in [-0.4, -0.2) is 18.8 Å². The normalized spacial score (nSPS) is 27.5. The van der Waals surface area contributed by atoms with Crippen molar-refractivity contribution in [2.75, 3.05) is 11.9 Å². The van der Waals surface area contributed by atoms with Crippen LogP contribution in [0.25, 0.3) is 0 Å². The highest BCUT2D eigenvalue weighted by Gasteiger charge is 2.35. The summed E-state index contributed by atoms with van der Waals surface area (Å²) in [5.41, 5.74) is 1.82. The van der Waals surface area contributed by atoms with Crippen molar-refractivity contribution in [3.8, 4) is 6.07 Å². The molecule has 2 atom stereocenters. The molecule has 0 spiro atoms. The van der Waals surface area contributed by atoms with Gasteiger partial charge >= 0.3 is 0 Å². The number of benzene rings is 1. The van der Waals surface area contributed by atoms with Crippen LogP contribution in [0, 0.1) is 17.2 Å². The molecule has 1 aromatic rings. The molecule has 2 unspecified atom stereocenters. The number of nitrogens with zero attached hydrogens (tertiary/aromatic N) is 1. The van der Waals surface area contributed by atoms with Crippen molar-refractivity contribution in [1.29, 1.82) is 5.26 Å². The Morgan fingerprint density at radius 1 is 1.17 bits per heavy atom. The van der Waals surface area contributed by atoms with Crippen LogP contribution >= 0.6 is 0 Å². The molecule has 0 bridgehead atoms. The molecule has 1 aliphatic heterocycles. The quantitative estimate of drug-likeness (QED) is 0.886. The molecule has 0 amide bonds. The first-order chi connectivity index (χ1) is 8.85. The van der Waals surface area contributed by atoms with Crippen molar-refractivity contribution in [1.82, 2.24) is 0 Å². The summed E-state index contributed by atoms with van der Waals surface area (Å²) in [6, 6.07) is 10.3. The van der Waals surface area contributed by atoms with Gasteiger partial charge in [-0.25, -0.2) is 0 Å². The third-order valence-corrected chi connectivity index (χ3v) is 3.85. The van der Waals surface area contributed by atoms with Crippen LogP contribution < -0.4 is 5.32 Å². The third kappa shape index (κ3) is 2.65. The van der Waals surface area contributed by atoms with Crippen molar-refractivity contribution >= 4 is 5.69 Å². The van der Waals surface area contributed by atoms with E-state index in [0.717, 1.165) is 31.1 Å². The van der Waals surface area contributed by atoms with Crippen LogP contribution in [0.2, 0.25) is 0 Å². The van der Waals surface area contributed by atoms with Gasteiger partial charge in [-0.3, -0.25) is 0 Å². The van der Waals surface area contributed by atoms with Gasteiger partial charge in [0.05, 0.1) is 17.7 Å². The fraction of sp³-hybridized carbons (Fsp3) is 0.533. The average molecular weight is 242 g/mol. The molecule has 18 heavy (non-hydrogen) atoms. The summed E-state index contributed by atoms with van der Waals surface area (Å²) >= 11 is 0. The van der Waals surface area contributed by atoms with E-state index in [1.807, 2.05) is 24.3 Å². The van der Waals surface area contributed by atoms with E-state index in [4.69, 9.17) is 10.00 Å². The first-order valence-electron chi connectivity index (χ1n) is 6.73. The zero-order chi connectivity index (χ0) is 12.4. The van der Waals surface area contributed by atoms with E-state index in [2.05, 4.69) is 11.4 Å². The van der Waals surface area contributed by atoms with Crippen LogP contribution in [0.5, 0.6) is 0 Å². The maximum atomic E-state index is 8.77. The number of ether oxygens (including phenoxy) is 1. The smallest absolute Gasteiger partial charge is 0.0991 e. The maximum Gasteiger partial charge on any atom is 0.0991 e. The molecule has 0 aromatic heterocycles. The number of hydrogen-bond donors (Lipinski definition) is 1. The molecule has 2 aliphatic rings. The van der Waals surface area contributed by atoms with Crippen molar-refractivity contribution in [2.24, 2.45) is 5.92 Å². The molecule has 1 aliphatic carbocycles. The highest BCUT2D eigenvalue weighted by Crippen LogP contribution is 2.38. The Bertz CT molecular complexity index is 445. The van der Waals surface area contributed by atoms with Crippen LogP contribution in [0.1, 0.15) is 31.2 Å². The fourth-order valence-electron chi connectivity index (χ4n) is 2.63. The Hall–Kier alpha value is -1.53. The molecule has 1 aromatic carbocycles. The molecule has 3 nitrogen and oxygen atoms in total. The van der Waals surface area contributed by atoms with Crippen LogP contribution in [0.4, 0.5) is 5.69 Å². The van der Waals surface area contributed by atoms with Gasteiger partial charge in [0, 0.05) is 18.3 Å². The van der Waals surface area contributed by atoms with E-state index in [0.29, 0.717) is 17.7 Å². The van der Waals surface area contributed by atoms with E-state index in [9.17, 15) is 0 Å². The lowest BCUT2D eigenvalue weighted by Gasteiger charge is -2.30. The van der Waals surface area contributed by atoms with E-state index in [-0.39, 0.29) is 0 Å². The van der Waals surface area contributed by atoms with Crippen molar-refractivity contribution < 1.29 is 4.74 Å². The Balaban J connectivity index is 1.59. The third-order valence-electron chi connectivity index (χ3n) is 3.85. The largest absolute Gasteiger partial charge is 0.382 e. The lowest BCUT2D eigenvalue weighted by atomic mass is 10.00. The van der Waals surface area contributed by atoms with Crippen LogP contribution in [0.15, 0.2) is 24.3 Å². The molecular formula is C15H18N2O. The zero-order valence-corrected chi connectivity index (χ0v) is 10.4. The number of nitrogens with one attached hydrogen (secondary N) is 1. The lowest BCUT2D eigenvalue weighted by Crippen LogP contribution is -2.35. The molecule has 1 N–H and O–H groups in total. The van der Waals surface area contributed by atoms with Gasteiger partial charge in [0.15, 0.2) is 0 Å². The lowest BCUT2D eigenvalue weighted by molar-refractivity contribution is -0.00218. The van der Waals surface area contributed by atoms with E-state index >= 15 is 0 Å². The number of hydrogen-bond acceptors (Lipinski definition) is 3. The molecule has 94 valence electrons. The topological polar surface area (TPSA) is 45.0 Å². The summed E-state index contributed by atoms with van der Waals surface area (Å²) < 4.78 is 5.82. The Kier molecular flexibility index (Phi) is 3.21. The van der Waals surface area contributed by atoms with Gasteiger partial charge in [-0.1, -0.05) is 0 Å². The van der Waals surface area contributed by atoms with Gasteiger partial charge < -0.3 is 10.1 Å². The van der Waals surface area contributed by atoms with Crippen LogP contribution in [0.3, 0.4) is 0 Å². The summed E-state index contributed by atoms with van der Waals surface area (Å²) in [7, 11) is 0.